The van der Waals surface area contributed by atoms with Crippen LogP contribution in [0, 0.1) is 6.92 Å². The van der Waals surface area contributed by atoms with E-state index in [1.165, 1.54) is 0 Å². The SMILES string of the molecule is Cc1cccc(NC(=O)CCN2C(=S)N[C@@H](c3ccccn3)[C@H]2c2cccn2-c2ccc(Cl)cn2)c1. The van der Waals surface area contributed by atoms with Crippen LogP contribution in [0.5, 0.6) is 0 Å². The van der Waals surface area contributed by atoms with Crippen molar-refractivity contribution in [3.8, 4) is 5.82 Å². The van der Waals surface area contributed by atoms with Crippen molar-refractivity contribution in [2.24, 2.45) is 0 Å². The lowest BCUT2D eigenvalue weighted by molar-refractivity contribution is -0.116. The fraction of sp³-hybridized carbons (Fsp3) is 0.185. The third-order valence-corrected chi connectivity index (χ3v) is 6.70. The first-order chi connectivity index (χ1) is 17.5. The number of amides is 1. The summed E-state index contributed by atoms with van der Waals surface area (Å²) in [6, 6.07) is 20.9. The number of aromatic nitrogens is 3. The third-order valence-electron chi connectivity index (χ3n) is 6.12. The fourth-order valence-corrected chi connectivity index (χ4v) is 4.93. The van der Waals surface area contributed by atoms with E-state index in [9.17, 15) is 4.79 Å². The number of carbonyl (C=O) groups is 1. The first kappa shape index (κ1) is 24.0. The number of carbonyl (C=O) groups excluding carboxylic acids is 1. The molecule has 36 heavy (non-hydrogen) atoms. The van der Waals surface area contributed by atoms with Crippen LogP contribution in [-0.4, -0.2) is 37.0 Å². The van der Waals surface area contributed by atoms with Gasteiger partial charge in [0.1, 0.15) is 5.82 Å². The molecule has 1 fully saturated rings. The monoisotopic (exact) mass is 516 g/mol. The van der Waals surface area contributed by atoms with Gasteiger partial charge in [0.15, 0.2) is 5.11 Å². The van der Waals surface area contributed by atoms with Crippen molar-refractivity contribution in [2.75, 3.05) is 11.9 Å². The molecule has 3 aromatic heterocycles. The second kappa shape index (κ2) is 10.5. The highest BCUT2D eigenvalue weighted by Gasteiger charge is 2.41. The molecule has 1 aliphatic heterocycles. The van der Waals surface area contributed by atoms with Gasteiger partial charge in [-0.1, -0.05) is 29.8 Å². The van der Waals surface area contributed by atoms with Crippen molar-refractivity contribution < 1.29 is 4.79 Å². The number of halogens is 1. The first-order valence-electron chi connectivity index (χ1n) is 11.6. The van der Waals surface area contributed by atoms with Crippen LogP contribution in [0.2, 0.25) is 5.02 Å². The third kappa shape index (κ3) is 5.10. The van der Waals surface area contributed by atoms with E-state index in [0.717, 1.165) is 28.5 Å². The van der Waals surface area contributed by atoms with Crippen LogP contribution in [0.1, 0.15) is 35.5 Å². The van der Waals surface area contributed by atoms with E-state index in [4.69, 9.17) is 23.8 Å². The predicted molar refractivity (Wildman–Crippen MR) is 145 cm³/mol. The molecule has 0 unspecified atom stereocenters. The van der Waals surface area contributed by atoms with Crippen LogP contribution in [-0.2, 0) is 4.79 Å². The molecule has 0 radical (unpaired) electrons. The van der Waals surface area contributed by atoms with Gasteiger partial charge in [-0.3, -0.25) is 9.78 Å². The van der Waals surface area contributed by atoms with Crippen molar-refractivity contribution >= 4 is 40.5 Å². The highest BCUT2D eigenvalue weighted by atomic mass is 35.5. The van der Waals surface area contributed by atoms with Crippen molar-refractivity contribution in [3.05, 3.63) is 107 Å². The standard InChI is InChI=1S/C27H25ClN6OS/c1-18-6-4-7-20(16-18)31-24(35)12-15-34-26(25(32-27(34)36)21-8-2-3-13-29-21)22-9-5-14-33(22)23-11-10-19(28)17-30-23/h2-11,13-14,16-17,25-26H,12,15H2,1H3,(H,31,35)(H,32,36)/t25-,26+/m0/s1. The van der Waals surface area contributed by atoms with E-state index in [2.05, 4.69) is 25.5 Å². The molecule has 0 aliphatic carbocycles. The summed E-state index contributed by atoms with van der Waals surface area (Å²) in [4.78, 5) is 24.0. The van der Waals surface area contributed by atoms with Gasteiger partial charge in [-0.15, -0.1) is 0 Å². The summed E-state index contributed by atoms with van der Waals surface area (Å²) in [6.07, 6.45) is 5.64. The topological polar surface area (TPSA) is 75.1 Å². The summed E-state index contributed by atoms with van der Waals surface area (Å²) in [5, 5.41) is 7.58. The second-order valence-electron chi connectivity index (χ2n) is 8.63. The van der Waals surface area contributed by atoms with E-state index in [1.807, 2.05) is 84.4 Å². The Labute approximate surface area is 220 Å². The van der Waals surface area contributed by atoms with Crippen LogP contribution in [0.3, 0.4) is 0 Å². The molecular weight excluding hydrogens is 492 g/mol. The Hall–Kier alpha value is -3.75. The summed E-state index contributed by atoms with van der Waals surface area (Å²) < 4.78 is 2.02. The van der Waals surface area contributed by atoms with Gasteiger partial charge in [0.2, 0.25) is 5.91 Å². The predicted octanol–water partition coefficient (Wildman–Crippen LogP) is 5.23. The van der Waals surface area contributed by atoms with Gasteiger partial charge < -0.3 is 20.1 Å². The summed E-state index contributed by atoms with van der Waals surface area (Å²) in [6.45, 7) is 2.44. The Kier molecular flexibility index (Phi) is 6.97. The Morgan fingerprint density at radius 1 is 1.11 bits per heavy atom. The lowest BCUT2D eigenvalue weighted by Crippen LogP contribution is -2.33. The number of pyridine rings is 2. The van der Waals surface area contributed by atoms with Crippen LogP contribution >= 0.6 is 23.8 Å². The summed E-state index contributed by atoms with van der Waals surface area (Å²) in [7, 11) is 0. The number of hydrogen-bond acceptors (Lipinski definition) is 4. The normalized spacial score (nSPS) is 17.2. The molecule has 9 heteroatoms. The second-order valence-corrected chi connectivity index (χ2v) is 9.45. The molecule has 1 aliphatic rings. The summed E-state index contributed by atoms with van der Waals surface area (Å²) in [5.41, 5.74) is 3.72. The van der Waals surface area contributed by atoms with E-state index in [-0.39, 0.29) is 24.4 Å². The minimum Gasteiger partial charge on any atom is -0.352 e. The molecule has 1 saturated heterocycles. The smallest absolute Gasteiger partial charge is 0.226 e. The van der Waals surface area contributed by atoms with Crippen LogP contribution in [0.15, 0.2) is 85.3 Å². The molecule has 7 nitrogen and oxygen atoms in total. The molecule has 2 N–H and O–H groups in total. The molecule has 2 atom stereocenters. The number of aryl methyl sites for hydroxylation is 1. The van der Waals surface area contributed by atoms with Crippen LogP contribution in [0.4, 0.5) is 5.69 Å². The Morgan fingerprint density at radius 2 is 2.00 bits per heavy atom. The lowest BCUT2D eigenvalue weighted by atomic mass is 10.0. The van der Waals surface area contributed by atoms with Crippen LogP contribution < -0.4 is 10.6 Å². The summed E-state index contributed by atoms with van der Waals surface area (Å²) >= 11 is 11.8. The van der Waals surface area contributed by atoms with Crippen molar-refractivity contribution in [2.45, 2.75) is 25.4 Å². The number of thiocarbonyl (C=S) groups is 1. The maximum atomic E-state index is 12.8. The Bertz CT molecular complexity index is 1370. The molecule has 4 aromatic rings. The van der Waals surface area contributed by atoms with Gasteiger partial charge in [0.25, 0.3) is 0 Å². The maximum absolute atomic E-state index is 12.8. The quantitative estimate of drug-likeness (QED) is 0.328. The maximum Gasteiger partial charge on any atom is 0.226 e. The first-order valence-corrected chi connectivity index (χ1v) is 12.4. The van der Waals surface area contributed by atoms with E-state index in [0.29, 0.717) is 16.7 Å². The highest BCUT2D eigenvalue weighted by Crippen LogP contribution is 2.39. The molecule has 182 valence electrons. The zero-order valence-corrected chi connectivity index (χ0v) is 21.2. The fourth-order valence-electron chi connectivity index (χ4n) is 4.49. The van der Waals surface area contributed by atoms with Crippen molar-refractivity contribution in [3.63, 3.8) is 0 Å². The Morgan fingerprint density at radius 3 is 2.75 bits per heavy atom. The molecular formula is C27H25ClN6OS. The Balaban J connectivity index is 1.44. The number of nitrogens with zero attached hydrogens (tertiary/aromatic N) is 4. The van der Waals surface area contributed by atoms with Gasteiger partial charge in [0, 0.05) is 42.9 Å². The minimum atomic E-state index is -0.202. The van der Waals surface area contributed by atoms with Gasteiger partial charge in [-0.05, 0) is 73.2 Å². The zero-order valence-electron chi connectivity index (χ0n) is 19.6. The number of anilines is 1. The van der Waals surface area contributed by atoms with E-state index in [1.54, 1.807) is 12.4 Å². The number of nitrogens with one attached hydrogen (secondary N) is 2. The zero-order chi connectivity index (χ0) is 25.1. The molecule has 0 saturated carbocycles. The number of rotatable bonds is 7. The average molecular weight is 517 g/mol. The minimum absolute atomic E-state index is 0.0711. The molecule has 5 rings (SSSR count). The van der Waals surface area contributed by atoms with Gasteiger partial charge in [0.05, 0.1) is 22.8 Å². The molecule has 0 spiro atoms. The molecule has 4 heterocycles. The van der Waals surface area contributed by atoms with E-state index < -0.39 is 0 Å². The van der Waals surface area contributed by atoms with Gasteiger partial charge >= 0.3 is 0 Å². The largest absolute Gasteiger partial charge is 0.352 e. The van der Waals surface area contributed by atoms with Crippen molar-refractivity contribution in [1.82, 2.24) is 24.8 Å². The summed E-state index contributed by atoms with van der Waals surface area (Å²) in [5.74, 6) is 0.673. The van der Waals surface area contributed by atoms with Crippen LogP contribution in [0.25, 0.3) is 5.82 Å². The molecule has 1 amide bonds. The molecule has 0 bridgehead atoms. The highest BCUT2D eigenvalue weighted by molar-refractivity contribution is 7.80. The average Bonchev–Trinajstić information content (AvgIpc) is 3.48. The van der Waals surface area contributed by atoms with E-state index >= 15 is 0 Å². The molecule has 1 aromatic carbocycles. The lowest BCUT2D eigenvalue weighted by Gasteiger charge is -2.28. The van der Waals surface area contributed by atoms with Crippen molar-refractivity contribution in [1.29, 1.82) is 0 Å². The number of benzene rings is 1. The van der Waals surface area contributed by atoms with Gasteiger partial charge in [-0.25, -0.2) is 4.98 Å². The number of hydrogen-bond donors (Lipinski definition) is 2. The van der Waals surface area contributed by atoms with Gasteiger partial charge in [-0.2, -0.15) is 0 Å².